The molecule has 2 unspecified atom stereocenters. The van der Waals surface area contributed by atoms with Crippen molar-refractivity contribution in [3.8, 4) is 0 Å². The third-order valence-corrected chi connectivity index (χ3v) is 6.55. The molecule has 1 fully saturated rings. The maximum absolute atomic E-state index is 13.1. The van der Waals surface area contributed by atoms with Crippen LogP contribution >= 0.6 is 27.7 Å². The van der Waals surface area contributed by atoms with Crippen molar-refractivity contribution in [1.29, 1.82) is 0 Å². The molecule has 0 aromatic carbocycles. The van der Waals surface area contributed by atoms with E-state index in [2.05, 4.69) is 26.3 Å². The summed E-state index contributed by atoms with van der Waals surface area (Å²) in [5, 5.41) is 14.6. The number of aliphatic carboxylic acids is 1. The molecular formula is C16H14BrF3N4O6S. The fourth-order valence-corrected chi connectivity index (χ4v) is 5.21. The van der Waals surface area contributed by atoms with Crippen molar-refractivity contribution in [2.75, 3.05) is 12.4 Å². The smallest absolute Gasteiger partial charge is 0.434 e. The zero-order chi connectivity index (χ0) is 23.2. The molecule has 0 spiro atoms. The van der Waals surface area contributed by atoms with Gasteiger partial charge in [-0.15, -0.1) is 11.8 Å². The zero-order valence-electron chi connectivity index (χ0n) is 15.8. The van der Waals surface area contributed by atoms with Crippen molar-refractivity contribution in [1.82, 2.24) is 20.0 Å². The van der Waals surface area contributed by atoms with Crippen molar-refractivity contribution in [3.63, 3.8) is 0 Å². The number of fused-ring (bicyclic) bond motifs is 1. The second kappa shape index (κ2) is 8.18. The SMILES string of the molecule is CC(=O)OCC1=C(C(=O)O)N2C(=O)C(NC(=O)c3nn(C)c(C(F)(F)F)c3Br)C2SC1. The first kappa shape index (κ1) is 23.1. The van der Waals surface area contributed by atoms with Gasteiger partial charge in [-0.1, -0.05) is 0 Å². The van der Waals surface area contributed by atoms with Gasteiger partial charge in [0, 0.05) is 25.3 Å². The minimum atomic E-state index is -4.76. The molecule has 2 atom stereocenters. The van der Waals surface area contributed by atoms with Gasteiger partial charge in [-0.05, 0) is 15.9 Å². The minimum Gasteiger partial charge on any atom is -0.477 e. The lowest BCUT2D eigenvalue weighted by Gasteiger charge is -2.49. The normalized spacial score (nSPS) is 20.8. The summed E-state index contributed by atoms with van der Waals surface area (Å²) in [4.78, 5) is 48.7. The summed E-state index contributed by atoms with van der Waals surface area (Å²) in [7, 11) is 1.02. The average molecular weight is 527 g/mol. The van der Waals surface area contributed by atoms with Crippen LogP contribution in [0.15, 0.2) is 15.7 Å². The van der Waals surface area contributed by atoms with Gasteiger partial charge < -0.3 is 15.2 Å². The van der Waals surface area contributed by atoms with E-state index in [0.717, 1.165) is 30.6 Å². The number of aryl methyl sites for hydroxylation is 1. The molecule has 10 nitrogen and oxygen atoms in total. The van der Waals surface area contributed by atoms with Crippen molar-refractivity contribution in [3.05, 3.63) is 27.1 Å². The van der Waals surface area contributed by atoms with E-state index in [0.29, 0.717) is 4.68 Å². The lowest BCUT2D eigenvalue weighted by Crippen LogP contribution is -2.70. The largest absolute Gasteiger partial charge is 0.477 e. The molecule has 2 aliphatic heterocycles. The van der Waals surface area contributed by atoms with Gasteiger partial charge in [-0.3, -0.25) is 24.0 Å². The fourth-order valence-electron chi connectivity index (χ4n) is 3.14. The molecule has 0 bridgehead atoms. The second-order valence-electron chi connectivity index (χ2n) is 6.53. The van der Waals surface area contributed by atoms with Crippen LogP contribution in [0.2, 0.25) is 0 Å². The number of carbonyl (C=O) groups is 4. The second-order valence-corrected chi connectivity index (χ2v) is 8.43. The van der Waals surface area contributed by atoms with Gasteiger partial charge in [0.25, 0.3) is 11.8 Å². The Labute approximate surface area is 184 Å². The number of aromatic nitrogens is 2. The quantitative estimate of drug-likeness (QED) is 0.431. The number of nitrogens with one attached hydrogen (secondary N) is 1. The Morgan fingerprint density at radius 2 is 2.03 bits per heavy atom. The van der Waals surface area contributed by atoms with Crippen molar-refractivity contribution >= 4 is 51.4 Å². The highest BCUT2D eigenvalue weighted by molar-refractivity contribution is 9.10. The molecule has 2 amide bonds. The van der Waals surface area contributed by atoms with E-state index < -0.39 is 57.2 Å². The average Bonchev–Trinajstić information content (AvgIpc) is 2.97. The first-order chi connectivity index (χ1) is 14.3. The molecule has 0 saturated carbocycles. The van der Waals surface area contributed by atoms with Crippen molar-refractivity contribution in [2.45, 2.75) is 24.5 Å². The van der Waals surface area contributed by atoms with Crippen LogP contribution in [-0.2, 0) is 32.3 Å². The Morgan fingerprint density at radius 3 is 2.55 bits per heavy atom. The summed E-state index contributed by atoms with van der Waals surface area (Å²) in [6.45, 7) is 0.846. The topological polar surface area (TPSA) is 131 Å². The number of carboxylic acids is 1. The van der Waals surface area contributed by atoms with Crippen LogP contribution in [0.5, 0.6) is 0 Å². The van der Waals surface area contributed by atoms with E-state index in [-0.39, 0.29) is 23.6 Å². The summed E-state index contributed by atoms with van der Waals surface area (Å²) < 4.78 is 44.0. The first-order valence-electron chi connectivity index (χ1n) is 8.48. The summed E-state index contributed by atoms with van der Waals surface area (Å²) in [5.41, 5.74) is -1.87. The van der Waals surface area contributed by atoms with Gasteiger partial charge in [0.05, 0.1) is 4.47 Å². The number of carbonyl (C=O) groups excluding carboxylic acids is 3. The number of rotatable bonds is 5. The third-order valence-electron chi connectivity index (χ3n) is 4.46. The van der Waals surface area contributed by atoms with Crippen LogP contribution in [0.1, 0.15) is 23.1 Å². The number of halogens is 4. The number of nitrogens with zero attached hydrogens (tertiary/aromatic N) is 3. The van der Waals surface area contributed by atoms with Gasteiger partial charge in [-0.2, -0.15) is 18.3 Å². The number of esters is 1. The van der Waals surface area contributed by atoms with Gasteiger partial charge in [0.1, 0.15) is 23.7 Å². The Hall–Kier alpha value is -2.55. The molecule has 1 aromatic rings. The van der Waals surface area contributed by atoms with Crippen LogP contribution in [-0.4, -0.2) is 67.3 Å². The number of amides is 2. The lowest BCUT2D eigenvalue weighted by molar-refractivity contribution is -0.149. The number of ether oxygens (including phenoxy) is 1. The highest BCUT2D eigenvalue weighted by Gasteiger charge is 2.54. The van der Waals surface area contributed by atoms with Crippen LogP contribution < -0.4 is 5.32 Å². The lowest BCUT2D eigenvalue weighted by atomic mass is 10.0. The molecular weight excluding hydrogens is 513 g/mol. The number of alkyl halides is 3. The predicted molar refractivity (Wildman–Crippen MR) is 102 cm³/mol. The van der Waals surface area contributed by atoms with Crippen molar-refractivity contribution in [2.24, 2.45) is 7.05 Å². The number of hydrogen-bond donors (Lipinski definition) is 2. The molecule has 31 heavy (non-hydrogen) atoms. The van der Waals surface area contributed by atoms with E-state index in [9.17, 15) is 37.5 Å². The number of thioether (sulfide) groups is 1. The maximum Gasteiger partial charge on any atom is 0.434 e. The number of β-lactam (4-membered cyclic amide) rings is 1. The highest BCUT2D eigenvalue weighted by atomic mass is 79.9. The summed E-state index contributed by atoms with van der Waals surface area (Å²) >= 11 is 3.85. The zero-order valence-corrected chi connectivity index (χ0v) is 18.2. The molecule has 0 radical (unpaired) electrons. The van der Waals surface area contributed by atoms with Crippen molar-refractivity contribution < 1.29 is 42.2 Å². The van der Waals surface area contributed by atoms with Crippen LogP contribution in [0.3, 0.4) is 0 Å². The molecule has 3 rings (SSSR count). The Morgan fingerprint density at radius 1 is 1.39 bits per heavy atom. The molecule has 0 aliphatic carbocycles. The molecule has 168 valence electrons. The molecule has 1 saturated heterocycles. The molecule has 2 aliphatic rings. The third kappa shape index (κ3) is 4.15. The van der Waals surface area contributed by atoms with Gasteiger partial charge in [0.2, 0.25) is 0 Å². The Balaban J connectivity index is 1.80. The monoisotopic (exact) mass is 526 g/mol. The summed E-state index contributed by atoms with van der Waals surface area (Å²) in [6.07, 6.45) is -4.76. The molecule has 3 heterocycles. The molecule has 1 aromatic heterocycles. The first-order valence-corrected chi connectivity index (χ1v) is 10.3. The Bertz CT molecular complexity index is 1020. The van der Waals surface area contributed by atoms with Gasteiger partial charge in [0.15, 0.2) is 11.4 Å². The maximum atomic E-state index is 13.1. The van der Waals surface area contributed by atoms with E-state index in [1.807, 2.05) is 0 Å². The van der Waals surface area contributed by atoms with E-state index in [1.54, 1.807) is 0 Å². The van der Waals surface area contributed by atoms with E-state index in [4.69, 9.17) is 4.74 Å². The van der Waals surface area contributed by atoms with Gasteiger partial charge >= 0.3 is 18.1 Å². The van der Waals surface area contributed by atoms with E-state index in [1.165, 1.54) is 0 Å². The summed E-state index contributed by atoms with van der Waals surface area (Å²) in [5.74, 6) is -3.70. The Kier molecular flexibility index (Phi) is 6.10. The summed E-state index contributed by atoms with van der Waals surface area (Å²) in [6, 6.07) is -1.16. The fraction of sp³-hybridized carbons (Fsp3) is 0.438. The van der Waals surface area contributed by atoms with Gasteiger partial charge in [-0.25, -0.2) is 4.79 Å². The van der Waals surface area contributed by atoms with Crippen LogP contribution in [0, 0.1) is 0 Å². The standard InChI is InChI=1S/C16H14BrF3N4O6S/c1-5(25)30-3-6-4-31-14-9(13(27)24(14)10(6)15(28)29)21-12(26)8-7(17)11(16(18,19)20)23(2)22-8/h9,14H,3-4H2,1-2H3,(H,21,26)(H,28,29). The minimum absolute atomic E-state index is 0.112. The van der Waals surface area contributed by atoms with Crippen LogP contribution in [0.25, 0.3) is 0 Å². The van der Waals surface area contributed by atoms with E-state index >= 15 is 0 Å². The van der Waals surface area contributed by atoms with Crippen LogP contribution in [0.4, 0.5) is 13.2 Å². The molecule has 2 N–H and O–H groups in total. The molecule has 15 heteroatoms. The number of hydrogen-bond acceptors (Lipinski definition) is 7. The highest BCUT2D eigenvalue weighted by Crippen LogP contribution is 2.41. The number of carboxylic acid groups (broad SMARTS) is 1. The predicted octanol–water partition coefficient (Wildman–Crippen LogP) is 1.12.